The van der Waals surface area contributed by atoms with Crippen LogP contribution in [0.5, 0.6) is 0 Å². The molecule has 0 unspecified atom stereocenters. The normalized spacial score (nSPS) is 10.5. The van der Waals surface area contributed by atoms with Gasteiger partial charge in [-0.25, -0.2) is 0 Å². The fourth-order valence-corrected chi connectivity index (χ4v) is 1.29. The third-order valence-electron chi connectivity index (χ3n) is 1.76. The van der Waals surface area contributed by atoms with Gasteiger partial charge in [0.1, 0.15) is 17.5 Å². The quantitative estimate of drug-likeness (QED) is 0.700. The zero-order valence-corrected chi connectivity index (χ0v) is 7.34. The van der Waals surface area contributed by atoms with Crippen molar-refractivity contribution in [3.63, 3.8) is 0 Å². The summed E-state index contributed by atoms with van der Waals surface area (Å²) in [6.45, 7) is 0. The molecule has 0 amide bonds. The first kappa shape index (κ1) is 8.13. The molecule has 13 heavy (non-hydrogen) atoms. The van der Waals surface area contributed by atoms with Gasteiger partial charge in [0.05, 0.1) is 5.39 Å². The Balaban J connectivity index is 2.97. The van der Waals surface area contributed by atoms with Crippen LogP contribution >= 0.6 is 11.6 Å². The van der Waals surface area contributed by atoms with E-state index in [0.29, 0.717) is 16.0 Å². The molecule has 1 aromatic carbocycles. The number of hydrogen-bond acceptors (Lipinski definition) is 3. The number of fused-ring (bicyclic) bond motifs is 1. The molecule has 0 atom stereocenters. The Hall–Kier alpha value is -1.48. The Morgan fingerprint density at radius 2 is 2.15 bits per heavy atom. The molecular weight excluding hydrogens is 190 g/mol. The maximum atomic E-state index is 11.4. The van der Waals surface area contributed by atoms with Crippen molar-refractivity contribution in [3.8, 4) is 0 Å². The lowest BCUT2D eigenvalue weighted by Crippen LogP contribution is -2.07. The fraction of sp³-hybridized carbons (Fsp3) is 0. The number of halogens is 1. The third-order valence-corrected chi connectivity index (χ3v) is 2.00. The van der Waals surface area contributed by atoms with Crippen molar-refractivity contribution in [2.45, 2.75) is 0 Å². The zero-order chi connectivity index (χ0) is 9.42. The minimum Gasteiger partial charge on any atom is -0.462 e. The highest BCUT2D eigenvalue weighted by Gasteiger charge is 2.03. The summed E-state index contributed by atoms with van der Waals surface area (Å²) in [4.78, 5) is 11.4. The second-order valence-electron chi connectivity index (χ2n) is 2.66. The van der Waals surface area contributed by atoms with Crippen LogP contribution in [0.1, 0.15) is 0 Å². The van der Waals surface area contributed by atoms with Crippen LogP contribution in [-0.2, 0) is 0 Å². The molecule has 0 fully saturated rings. The minimum atomic E-state index is -0.247. The van der Waals surface area contributed by atoms with Gasteiger partial charge < -0.3 is 10.2 Å². The first-order valence-corrected chi connectivity index (χ1v) is 4.03. The van der Waals surface area contributed by atoms with Gasteiger partial charge in [0.15, 0.2) is 0 Å². The van der Waals surface area contributed by atoms with Gasteiger partial charge in [-0.05, 0) is 18.2 Å². The van der Waals surface area contributed by atoms with Gasteiger partial charge in [-0.15, -0.1) is 0 Å². The van der Waals surface area contributed by atoms with Crippen molar-refractivity contribution >= 4 is 28.3 Å². The van der Waals surface area contributed by atoms with Crippen LogP contribution < -0.4 is 11.2 Å². The standard InChI is InChI=1S/C9H6ClNO2/c10-5-1-2-8-6(3-5)9(12)7(11)4-13-8/h1-4H,11H2. The second kappa shape index (κ2) is 2.78. The lowest BCUT2D eigenvalue weighted by molar-refractivity contribution is 0.605. The summed E-state index contributed by atoms with van der Waals surface area (Å²) < 4.78 is 5.09. The highest BCUT2D eigenvalue weighted by atomic mass is 35.5. The zero-order valence-electron chi connectivity index (χ0n) is 6.58. The average molecular weight is 196 g/mol. The van der Waals surface area contributed by atoms with Gasteiger partial charge in [-0.2, -0.15) is 0 Å². The number of rotatable bonds is 0. The second-order valence-corrected chi connectivity index (χ2v) is 3.10. The predicted molar refractivity (Wildman–Crippen MR) is 51.9 cm³/mol. The number of nitrogen functional groups attached to an aromatic ring is 1. The highest BCUT2D eigenvalue weighted by molar-refractivity contribution is 6.31. The van der Waals surface area contributed by atoms with Gasteiger partial charge in [0.2, 0.25) is 5.43 Å². The molecule has 0 aliphatic rings. The van der Waals surface area contributed by atoms with Crippen LogP contribution in [0.25, 0.3) is 11.0 Å². The van der Waals surface area contributed by atoms with Gasteiger partial charge in [0, 0.05) is 5.02 Å². The molecule has 0 radical (unpaired) electrons. The van der Waals surface area contributed by atoms with E-state index in [1.807, 2.05) is 0 Å². The van der Waals surface area contributed by atoms with E-state index in [0.717, 1.165) is 0 Å². The summed E-state index contributed by atoms with van der Waals surface area (Å²) in [5.41, 5.74) is 5.72. The molecule has 2 N–H and O–H groups in total. The van der Waals surface area contributed by atoms with Crippen LogP contribution in [0, 0.1) is 0 Å². The summed E-state index contributed by atoms with van der Waals surface area (Å²) in [5.74, 6) is 0. The summed E-state index contributed by atoms with van der Waals surface area (Å²) >= 11 is 5.72. The van der Waals surface area contributed by atoms with Gasteiger partial charge in [-0.3, -0.25) is 4.79 Å². The molecule has 0 spiro atoms. The molecule has 2 aromatic rings. The van der Waals surface area contributed by atoms with Gasteiger partial charge >= 0.3 is 0 Å². The molecule has 4 heteroatoms. The molecule has 66 valence electrons. The van der Waals surface area contributed by atoms with E-state index in [2.05, 4.69) is 0 Å². The van der Waals surface area contributed by atoms with E-state index >= 15 is 0 Å². The van der Waals surface area contributed by atoms with E-state index < -0.39 is 0 Å². The van der Waals surface area contributed by atoms with Crippen molar-refractivity contribution in [2.75, 3.05) is 5.73 Å². The van der Waals surface area contributed by atoms with Crippen LogP contribution in [0.4, 0.5) is 5.69 Å². The van der Waals surface area contributed by atoms with Crippen LogP contribution in [0.2, 0.25) is 5.02 Å². The number of anilines is 1. The molecule has 3 nitrogen and oxygen atoms in total. The largest absolute Gasteiger partial charge is 0.462 e. The maximum Gasteiger partial charge on any atom is 0.215 e. The first-order chi connectivity index (χ1) is 6.18. The van der Waals surface area contributed by atoms with Crippen molar-refractivity contribution in [1.29, 1.82) is 0 Å². The summed E-state index contributed by atoms with van der Waals surface area (Å²) in [6.07, 6.45) is 1.23. The average Bonchev–Trinajstić information content (AvgIpc) is 2.12. The van der Waals surface area contributed by atoms with Crippen LogP contribution in [0.3, 0.4) is 0 Å². The fourth-order valence-electron chi connectivity index (χ4n) is 1.12. The third kappa shape index (κ3) is 1.27. The number of nitrogens with two attached hydrogens (primary N) is 1. The van der Waals surface area contributed by atoms with Crippen LogP contribution in [-0.4, -0.2) is 0 Å². The summed E-state index contributed by atoms with van der Waals surface area (Å²) in [6, 6.07) is 4.83. The van der Waals surface area contributed by atoms with Crippen molar-refractivity contribution in [1.82, 2.24) is 0 Å². The Kier molecular flexibility index (Phi) is 1.74. The summed E-state index contributed by atoms with van der Waals surface area (Å²) in [5, 5.41) is 0.901. The van der Waals surface area contributed by atoms with E-state index in [1.54, 1.807) is 18.2 Å². The Bertz CT molecular complexity index is 513. The van der Waals surface area contributed by atoms with Crippen LogP contribution in [0.15, 0.2) is 33.7 Å². The van der Waals surface area contributed by atoms with E-state index in [9.17, 15) is 4.79 Å². The molecule has 0 bridgehead atoms. The van der Waals surface area contributed by atoms with Crippen molar-refractivity contribution < 1.29 is 4.42 Å². The molecule has 1 aromatic heterocycles. The monoisotopic (exact) mass is 195 g/mol. The molecule has 0 aliphatic carbocycles. The lowest BCUT2D eigenvalue weighted by Gasteiger charge is -1.97. The molecule has 0 aliphatic heterocycles. The molecule has 0 saturated carbocycles. The Morgan fingerprint density at radius 3 is 2.92 bits per heavy atom. The minimum absolute atomic E-state index is 0.0924. The highest BCUT2D eigenvalue weighted by Crippen LogP contribution is 2.17. The van der Waals surface area contributed by atoms with Crippen molar-refractivity contribution in [3.05, 3.63) is 39.7 Å². The smallest absolute Gasteiger partial charge is 0.215 e. The number of hydrogen-bond donors (Lipinski definition) is 1. The molecule has 0 saturated heterocycles. The molecule has 1 heterocycles. The van der Waals surface area contributed by atoms with Crippen molar-refractivity contribution in [2.24, 2.45) is 0 Å². The molecular formula is C9H6ClNO2. The van der Waals surface area contributed by atoms with E-state index in [4.69, 9.17) is 21.8 Å². The molecule has 2 rings (SSSR count). The lowest BCUT2D eigenvalue weighted by atomic mass is 10.2. The predicted octanol–water partition coefficient (Wildman–Crippen LogP) is 2.03. The number of benzene rings is 1. The van der Waals surface area contributed by atoms with Gasteiger partial charge in [-0.1, -0.05) is 11.6 Å². The Labute approximate surface area is 78.7 Å². The first-order valence-electron chi connectivity index (χ1n) is 3.65. The maximum absolute atomic E-state index is 11.4. The topological polar surface area (TPSA) is 56.2 Å². The Morgan fingerprint density at radius 1 is 1.38 bits per heavy atom. The van der Waals surface area contributed by atoms with Gasteiger partial charge in [0.25, 0.3) is 0 Å². The SMILES string of the molecule is Nc1coc2ccc(Cl)cc2c1=O. The van der Waals surface area contributed by atoms with E-state index in [1.165, 1.54) is 6.26 Å². The van der Waals surface area contributed by atoms with E-state index in [-0.39, 0.29) is 11.1 Å². The summed E-state index contributed by atoms with van der Waals surface area (Å²) in [7, 11) is 0.